The van der Waals surface area contributed by atoms with Gasteiger partial charge in [-0.15, -0.1) is 0 Å². The standard InChI is InChI=1S/C11H20N2O4/c1-11(2,3)17-10(16)13-6-4-8(9(14)15)12-5-7-13/h8,12H,4-7H2,1-3H3,(H,14,15)/p-1. The van der Waals surface area contributed by atoms with Crippen LogP contribution in [0.5, 0.6) is 0 Å². The summed E-state index contributed by atoms with van der Waals surface area (Å²) < 4.78 is 5.22. The van der Waals surface area contributed by atoms with E-state index in [0.717, 1.165) is 0 Å². The fourth-order valence-electron chi connectivity index (χ4n) is 1.58. The van der Waals surface area contributed by atoms with Gasteiger partial charge >= 0.3 is 6.09 Å². The molecule has 0 aromatic carbocycles. The molecule has 0 saturated carbocycles. The Bertz CT molecular complexity index is 298. The second-order valence-corrected chi connectivity index (χ2v) is 5.08. The number of carboxylic acids is 1. The molecule has 1 amide bonds. The lowest BCUT2D eigenvalue weighted by molar-refractivity contribution is -0.308. The number of carbonyl (C=O) groups is 2. The van der Waals surface area contributed by atoms with Crippen LogP contribution >= 0.6 is 0 Å². The molecule has 0 radical (unpaired) electrons. The average molecular weight is 243 g/mol. The van der Waals surface area contributed by atoms with Crippen LogP contribution in [-0.4, -0.2) is 48.2 Å². The number of carbonyl (C=O) groups excluding carboxylic acids is 2. The van der Waals surface area contributed by atoms with E-state index in [-0.39, 0.29) is 0 Å². The monoisotopic (exact) mass is 243 g/mol. The minimum absolute atomic E-state index is 0.335. The molecule has 1 heterocycles. The van der Waals surface area contributed by atoms with E-state index < -0.39 is 23.7 Å². The summed E-state index contributed by atoms with van der Waals surface area (Å²) in [6, 6.07) is -0.692. The third-order valence-corrected chi connectivity index (χ3v) is 2.40. The van der Waals surface area contributed by atoms with Crippen molar-refractivity contribution in [3.05, 3.63) is 0 Å². The van der Waals surface area contributed by atoms with Gasteiger partial charge in [-0.1, -0.05) is 0 Å². The van der Waals surface area contributed by atoms with Crippen molar-refractivity contribution >= 4 is 12.1 Å². The van der Waals surface area contributed by atoms with Crippen LogP contribution in [0, 0.1) is 0 Å². The van der Waals surface area contributed by atoms with Crippen molar-refractivity contribution < 1.29 is 19.4 Å². The Morgan fingerprint density at radius 3 is 2.53 bits per heavy atom. The molecule has 1 atom stereocenters. The first-order chi connectivity index (χ1) is 7.79. The number of hydrogen-bond acceptors (Lipinski definition) is 5. The van der Waals surface area contributed by atoms with Crippen LogP contribution in [0.15, 0.2) is 0 Å². The number of rotatable bonds is 1. The smallest absolute Gasteiger partial charge is 0.410 e. The molecule has 6 nitrogen and oxygen atoms in total. The van der Waals surface area contributed by atoms with Gasteiger partial charge in [0.05, 0.1) is 5.97 Å². The normalized spacial score (nSPS) is 21.8. The number of aliphatic carboxylic acids is 1. The molecule has 0 bridgehead atoms. The lowest BCUT2D eigenvalue weighted by Crippen LogP contribution is -2.45. The zero-order valence-corrected chi connectivity index (χ0v) is 10.5. The van der Waals surface area contributed by atoms with Gasteiger partial charge in [0.1, 0.15) is 5.60 Å². The van der Waals surface area contributed by atoms with Crippen LogP contribution in [0.25, 0.3) is 0 Å². The van der Waals surface area contributed by atoms with Gasteiger partial charge in [-0.25, -0.2) is 4.79 Å². The van der Waals surface area contributed by atoms with Gasteiger partial charge in [-0.2, -0.15) is 0 Å². The molecule has 6 heteroatoms. The number of amides is 1. The van der Waals surface area contributed by atoms with Crippen LogP contribution in [0.3, 0.4) is 0 Å². The van der Waals surface area contributed by atoms with E-state index in [0.29, 0.717) is 26.1 Å². The van der Waals surface area contributed by atoms with E-state index in [2.05, 4.69) is 5.32 Å². The van der Waals surface area contributed by atoms with Gasteiger partial charge in [0.15, 0.2) is 0 Å². The Labute approximate surface area is 101 Å². The van der Waals surface area contributed by atoms with Crippen LogP contribution in [0.1, 0.15) is 27.2 Å². The Hall–Kier alpha value is -1.30. The van der Waals surface area contributed by atoms with Crippen molar-refractivity contribution in [2.75, 3.05) is 19.6 Å². The third kappa shape index (κ3) is 4.60. The van der Waals surface area contributed by atoms with E-state index in [1.165, 1.54) is 4.90 Å². The Morgan fingerprint density at radius 2 is 2.00 bits per heavy atom. The molecule has 0 aromatic rings. The van der Waals surface area contributed by atoms with E-state index in [1.54, 1.807) is 20.8 Å². The predicted molar refractivity (Wildman–Crippen MR) is 59.2 cm³/mol. The van der Waals surface area contributed by atoms with Crippen molar-refractivity contribution in [2.45, 2.75) is 38.8 Å². The van der Waals surface area contributed by atoms with Gasteiger partial charge in [0, 0.05) is 25.7 Å². The predicted octanol–water partition coefficient (Wildman–Crippen LogP) is -0.665. The summed E-state index contributed by atoms with van der Waals surface area (Å²) >= 11 is 0. The lowest BCUT2D eigenvalue weighted by Gasteiger charge is -2.26. The number of hydrogen-bond donors (Lipinski definition) is 1. The highest BCUT2D eigenvalue weighted by Crippen LogP contribution is 2.11. The fourth-order valence-corrected chi connectivity index (χ4v) is 1.58. The molecule has 1 N–H and O–H groups in total. The summed E-state index contributed by atoms with van der Waals surface area (Å²) in [5, 5.41) is 13.5. The molecular weight excluding hydrogens is 224 g/mol. The number of ether oxygens (including phenoxy) is 1. The van der Waals surface area contributed by atoms with Crippen molar-refractivity contribution in [1.82, 2.24) is 10.2 Å². The molecule has 0 spiro atoms. The van der Waals surface area contributed by atoms with Crippen LogP contribution in [0.2, 0.25) is 0 Å². The maximum absolute atomic E-state index is 11.8. The summed E-state index contributed by atoms with van der Waals surface area (Å²) in [6.07, 6.45) is -0.0695. The van der Waals surface area contributed by atoms with E-state index >= 15 is 0 Å². The third-order valence-electron chi connectivity index (χ3n) is 2.40. The van der Waals surface area contributed by atoms with Crippen molar-refractivity contribution in [1.29, 1.82) is 0 Å². The molecule has 1 rings (SSSR count). The Morgan fingerprint density at radius 1 is 1.35 bits per heavy atom. The van der Waals surface area contributed by atoms with Gasteiger partial charge in [-0.3, -0.25) is 0 Å². The first-order valence-electron chi connectivity index (χ1n) is 5.72. The fraction of sp³-hybridized carbons (Fsp3) is 0.818. The zero-order valence-electron chi connectivity index (χ0n) is 10.5. The molecule has 0 aliphatic carbocycles. The van der Waals surface area contributed by atoms with Gasteiger partial charge in [-0.05, 0) is 27.2 Å². The quantitative estimate of drug-likeness (QED) is 0.661. The van der Waals surface area contributed by atoms with E-state index in [9.17, 15) is 14.7 Å². The number of nitrogens with one attached hydrogen (secondary N) is 1. The Kier molecular flexibility index (Phi) is 4.34. The lowest BCUT2D eigenvalue weighted by atomic mass is 10.2. The first-order valence-corrected chi connectivity index (χ1v) is 5.72. The van der Waals surface area contributed by atoms with Crippen LogP contribution in [-0.2, 0) is 9.53 Å². The molecule has 17 heavy (non-hydrogen) atoms. The molecule has 1 aliphatic heterocycles. The summed E-state index contributed by atoms with van der Waals surface area (Å²) in [5.41, 5.74) is -0.537. The zero-order chi connectivity index (χ0) is 13.1. The topological polar surface area (TPSA) is 81.7 Å². The SMILES string of the molecule is CC(C)(C)OC(=O)N1CCNC(C(=O)[O-])CC1. The van der Waals surface area contributed by atoms with E-state index in [4.69, 9.17) is 4.74 Å². The second-order valence-electron chi connectivity index (χ2n) is 5.08. The highest BCUT2D eigenvalue weighted by molar-refractivity contribution is 5.72. The maximum atomic E-state index is 11.8. The Balaban J connectivity index is 2.51. The minimum Gasteiger partial charge on any atom is -0.548 e. The van der Waals surface area contributed by atoms with Gasteiger partial charge in [0.2, 0.25) is 0 Å². The summed E-state index contributed by atoms with van der Waals surface area (Å²) in [7, 11) is 0. The van der Waals surface area contributed by atoms with Crippen LogP contribution < -0.4 is 10.4 Å². The van der Waals surface area contributed by atoms with E-state index in [1.807, 2.05) is 0 Å². The van der Waals surface area contributed by atoms with Gasteiger partial charge < -0.3 is 24.9 Å². The number of nitrogens with zero attached hydrogens (tertiary/aromatic N) is 1. The van der Waals surface area contributed by atoms with Crippen molar-refractivity contribution in [3.8, 4) is 0 Å². The van der Waals surface area contributed by atoms with Crippen molar-refractivity contribution in [2.24, 2.45) is 0 Å². The summed E-state index contributed by atoms with van der Waals surface area (Å²) in [6.45, 7) is 6.62. The van der Waals surface area contributed by atoms with Crippen molar-refractivity contribution in [3.63, 3.8) is 0 Å². The average Bonchev–Trinajstić information content (AvgIpc) is 2.39. The second kappa shape index (κ2) is 5.35. The summed E-state index contributed by atoms with van der Waals surface area (Å²) in [4.78, 5) is 24.0. The minimum atomic E-state index is -1.13. The molecular formula is C11H19N2O4-. The molecule has 1 unspecified atom stereocenters. The molecule has 1 saturated heterocycles. The molecule has 98 valence electrons. The van der Waals surface area contributed by atoms with Gasteiger partial charge in [0.25, 0.3) is 0 Å². The highest BCUT2D eigenvalue weighted by Gasteiger charge is 2.25. The highest BCUT2D eigenvalue weighted by atomic mass is 16.6. The molecule has 0 aromatic heterocycles. The first kappa shape index (κ1) is 13.8. The largest absolute Gasteiger partial charge is 0.548 e. The molecule has 1 fully saturated rings. The summed E-state index contributed by atoms with van der Waals surface area (Å²) in [5.74, 6) is -1.13. The maximum Gasteiger partial charge on any atom is 0.410 e. The van der Waals surface area contributed by atoms with Crippen LogP contribution in [0.4, 0.5) is 4.79 Å². The molecule has 1 aliphatic rings. The number of carboxylic acid groups (broad SMARTS) is 1.